The van der Waals surface area contributed by atoms with Crippen molar-refractivity contribution >= 4 is 45.9 Å². The zero-order valence-corrected chi connectivity index (χ0v) is 19.3. The van der Waals surface area contributed by atoms with Crippen LogP contribution in [0.2, 0.25) is 52.4 Å². The fourth-order valence-electron chi connectivity index (χ4n) is 2.47. The summed E-state index contributed by atoms with van der Waals surface area (Å²) in [5.41, 5.74) is 0. The molecule has 0 aromatic rings. The molecule has 0 saturated heterocycles. The van der Waals surface area contributed by atoms with Crippen LogP contribution in [0, 0.1) is 0 Å². The van der Waals surface area contributed by atoms with Gasteiger partial charge in [0.05, 0.1) is 12.3 Å². The second-order valence-corrected chi connectivity index (χ2v) is 23.2. The van der Waals surface area contributed by atoms with Gasteiger partial charge in [-0.2, -0.15) is 0 Å². The van der Waals surface area contributed by atoms with Crippen molar-refractivity contribution in [3.63, 3.8) is 0 Å². The first-order chi connectivity index (χ1) is 10.2. The Labute approximate surface area is 142 Å². The van der Waals surface area contributed by atoms with E-state index in [-0.39, 0.29) is 0 Å². The number of rotatable bonds is 10. The maximum absolute atomic E-state index is 10.3. The Morgan fingerprint density at radius 1 is 0.652 bits per heavy atom. The molecule has 0 atom stereocenters. The standard InChI is InChI=1S/C12H28N2O5Si4/c1-20(2,11-13-9-15)17-22(5,6)19-23(7,8)18-21(3,4)12-14-10-16/h11-12H2,1-8H3. The molecule has 0 saturated carbocycles. The van der Waals surface area contributed by atoms with Crippen molar-refractivity contribution in [1.82, 2.24) is 0 Å². The molecule has 132 valence electrons. The zero-order valence-electron chi connectivity index (χ0n) is 15.3. The van der Waals surface area contributed by atoms with Crippen LogP contribution in [-0.2, 0) is 21.9 Å². The summed E-state index contributed by atoms with van der Waals surface area (Å²) in [5, 5.41) is 0. The van der Waals surface area contributed by atoms with Gasteiger partial charge >= 0.3 is 17.1 Å². The Kier molecular flexibility index (Phi) is 8.38. The maximum Gasteiger partial charge on any atom is 0.312 e. The molecular weight excluding hydrogens is 364 g/mol. The molecule has 0 aromatic heterocycles. The molecule has 11 heteroatoms. The van der Waals surface area contributed by atoms with E-state index in [0.717, 1.165) is 0 Å². The third kappa shape index (κ3) is 10.8. The van der Waals surface area contributed by atoms with Gasteiger partial charge in [-0.05, 0) is 52.4 Å². The van der Waals surface area contributed by atoms with Crippen LogP contribution in [0.3, 0.4) is 0 Å². The van der Waals surface area contributed by atoms with Gasteiger partial charge in [0.25, 0.3) is 0 Å². The molecule has 0 N–H and O–H groups in total. The van der Waals surface area contributed by atoms with E-state index in [4.69, 9.17) is 12.3 Å². The molecule has 0 aromatic carbocycles. The van der Waals surface area contributed by atoms with Gasteiger partial charge in [0.15, 0.2) is 16.6 Å². The van der Waals surface area contributed by atoms with E-state index in [9.17, 15) is 9.59 Å². The normalized spacial score (nSPS) is 13.2. The molecule has 0 bridgehead atoms. The van der Waals surface area contributed by atoms with Crippen LogP contribution in [-0.4, -0.2) is 58.3 Å². The third-order valence-corrected chi connectivity index (χ3v) is 16.7. The smallest absolute Gasteiger partial charge is 0.312 e. The van der Waals surface area contributed by atoms with Crippen LogP contribution in [0.1, 0.15) is 0 Å². The van der Waals surface area contributed by atoms with Crippen LogP contribution >= 0.6 is 0 Å². The van der Waals surface area contributed by atoms with Crippen molar-refractivity contribution in [2.45, 2.75) is 52.4 Å². The molecule has 0 aliphatic carbocycles. The van der Waals surface area contributed by atoms with E-state index in [0.29, 0.717) is 12.3 Å². The van der Waals surface area contributed by atoms with E-state index >= 15 is 0 Å². The van der Waals surface area contributed by atoms with Crippen LogP contribution in [0.5, 0.6) is 0 Å². The lowest BCUT2D eigenvalue weighted by Gasteiger charge is -2.40. The lowest BCUT2D eigenvalue weighted by molar-refractivity contribution is 0.328. The molecule has 0 fully saturated rings. The molecule has 23 heavy (non-hydrogen) atoms. The summed E-state index contributed by atoms with van der Waals surface area (Å²) in [5.74, 6) is 0. The first-order valence-corrected chi connectivity index (χ1v) is 19.3. The van der Waals surface area contributed by atoms with Crippen molar-refractivity contribution < 1.29 is 21.9 Å². The van der Waals surface area contributed by atoms with Gasteiger partial charge in [0.2, 0.25) is 12.2 Å². The van der Waals surface area contributed by atoms with Gasteiger partial charge in [-0.15, -0.1) is 0 Å². The number of isocyanates is 2. The van der Waals surface area contributed by atoms with Crippen molar-refractivity contribution in [2.24, 2.45) is 9.98 Å². The highest BCUT2D eigenvalue weighted by atomic mass is 28.5. The first kappa shape index (κ1) is 22.5. The van der Waals surface area contributed by atoms with E-state index in [1.165, 1.54) is 0 Å². The monoisotopic (exact) mass is 392 g/mol. The maximum atomic E-state index is 10.3. The Bertz CT molecular complexity index is 454. The summed E-state index contributed by atoms with van der Waals surface area (Å²) in [6.07, 6.45) is 3.86. The fraction of sp³-hybridized carbons (Fsp3) is 0.833. The molecule has 0 heterocycles. The number of aliphatic imine (C=N–C) groups is 2. The minimum absolute atomic E-state index is 0.368. The molecule has 0 radical (unpaired) electrons. The molecule has 0 aliphatic rings. The second-order valence-electron chi connectivity index (χ2n) is 7.44. The molecule has 0 aliphatic heterocycles. The lowest BCUT2D eigenvalue weighted by Crippen LogP contribution is -2.57. The van der Waals surface area contributed by atoms with Gasteiger partial charge in [0.1, 0.15) is 0 Å². The molecule has 0 rings (SSSR count). The minimum Gasteiger partial charge on any atom is -0.435 e. The number of hydrogen-bond donors (Lipinski definition) is 0. The minimum atomic E-state index is -2.43. The van der Waals surface area contributed by atoms with Gasteiger partial charge in [-0.25, -0.2) is 19.6 Å². The van der Waals surface area contributed by atoms with E-state index in [1.807, 2.05) is 52.4 Å². The van der Waals surface area contributed by atoms with Crippen LogP contribution in [0.25, 0.3) is 0 Å². The molecule has 0 spiro atoms. The topological polar surface area (TPSA) is 86.6 Å². The van der Waals surface area contributed by atoms with Crippen molar-refractivity contribution in [3.05, 3.63) is 0 Å². The van der Waals surface area contributed by atoms with Gasteiger partial charge in [-0.1, -0.05) is 0 Å². The highest BCUT2D eigenvalue weighted by Crippen LogP contribution is 2.24. The summed E-state index contributed by atoms with van der Waals surface area (Å²) in [6.45, 7) is 15.9. The largest absolute Gasteiger partial charge is 0.435 e. The highest BCUT2D eigenvalue weighted by Gasteiger charge is 2.43. The predicted molar refractivity (Wildman–Crippen MR) is 99.2 cm³/mol. The Morgan fingerprint density at radius 2 is 0.957 bits per heavy atom. The summed E-state index contributed by atoms with van der Waals surface area (Å²) in [6, 6.07) is 0. The zero-order chi connectivity index (χ0) is 18.4. The van der Waals surface area contributed by atoms with Crippen LogP contribution in [0.15, 0.2) is 9.98 Å². The average molecular weight is 393 g/mol. The van der Waals surface area contributed by atoms with Gasteiger partial charge in [-0.3, -0.25) is 0 Å². The number of nitrogens with zero attached hydrogens (tertiary/aromatic N) is 2. The van der Waals surface area contributed by atoms with Crippen LogP contribution in [0.4, 0.5) is 0 Å². The summed E-state index contributed by atoms with van der Waals surface area (Å²) < 4.78 is 18.7. The first-order valence-electron chi connectivity index (χ1n) is 7.42. The van der Waals surface area contributed by atoms with Crippen molar-refractivity contribution in [1.29, 1.82) is 0 Å². The number of hydrogen-bond acceptors (Lipinski definition) is 7. The number of carbonyl (C=O) groups excluding carboxylic acids is 2. The highest BCUT2D eigenvalue weighted by molar-refractivity contribution is 6.89. The molecule has 7 nitrogen and oxygen atoms in total. The van der Waals surface area contributed by atoms with Crippen molar-refractivity contribution in [2.75, 3.05) is 12.3 Å². The summed E-state index contributed by atoms with van der Waals surface area (Å²) in [4.78, 5) is 27.9. The van der Waals surface area contributed by atoms with Crippen LogP contribution < -0.4 is 0 Å². The predicted octanol–water partition coefficient (Wildman–Crippen LogP) is 2.60. The molecule has 0 amide bonds. The Hall–Kier alpha value is -0.492. The second kappa shape index (κ2) is 8.56. The van der Waals surface area contributed by atoms with E-state index in [2.05, 4.69) is 9.98 Å². The average Bonchev–Trinajstić information content (AvgIpc) is 2.29. The quantitative estimate of drug-likeness (QED) is 0.324. The molecular formula is C12H28N2O5Si4. The Morgan fingerprint density at radius 3 is 1.22 bits per heavy atom. The van der Waals surface area contributed by atoms with Gasteiger partial charge in [0, 0.05) is 0 Å². The van der Waals surface area contributed by atoms with E-state index < -0.39 is 33.8 Å². The summed E-state index contributed by atoms with van der Waals surface area (Å²) in [7, 11) is -9.11. The van der Waals surface area contributed by atoms with E-state index in [1.54, 1.807) is 12.2 Å². The Balaban J connectivity index is 4.91. The summed E-state index contributed by atoms with van der Waals surface area (Å²) >= 11 is 0. The van der Waals surface area contributed by atoms with Gasteiger partial charge < -0.3 is 12.3 Å². The SMILES string of the molecule is C[Si](C)(CN=C=O)O[Si](C)(C)O[Si](C)(C)O[Si](C)(C)CN=C=O. The third-order valence-electron chi connectivity index (χ3n) is 2.58. The fourth-order valence-corrected chi connectivity index (χ4v) is 20.3. The lowest BCUT2D eigenvalue weighted by atomic mass is 11.4. The van der Waals surface area contributed by atoms with Crippen molar-refractivity contribution in [3.8, 4) is 0 Å². The molecule has 0 unspecified atom stereocenters.